The Morgan fingerprint density at radius 2 is 1.78 bits per heavy atom. The van der Waals surface area contributed by atoms with E-state index in [1.807, 2.05) is 48.7 Å². The van der Waals surface area contributed by atoms with Crippen molar-refractivity contribution in [2.75, 3.05) is 12.4 Å². The van der Waals surface area contributed by atoms with Crippen LogP contribution in [0.15, 0.2) is 67.0 Å². The summed E-state index contributed by atoms with van der Waals surface area (Å²) in [5.41, 5.74) is 2.83. The molecular formula is C20H17N5OS. The number of anilines is 1. The molecule has 0 bridgehead atoms. The highest BCUT2D eigenvalue weighted by molar-refractivity contribution is 7.15. The maximum absolute atomic E-state index is 5.18. The van der Waals surface area contributed by atoms with Gasteiger partial charge in [0.2, 0.25) is 5.95 Å². The molecule has 6 nitrogen and oxygen atoms in total. The van der Waals surface area contributed by atoms with Gasteiger partial charge in [-0.15, -0.1) is 16.4 Å². The van der Waals surface area contributed by atoms with Gasteiger partial charge in [-0.05, 0) is 24.3 Å². The third-order valence-electron chi connectivity index (χ3n) is 3.94. The number of methoxy groups -OCH3 is 1. The molecule has 4 aromatic rings. The van der Waals surface area contributed by atoms with Crippen LogP contribution in [0.2, 0.25) is 0 Å². The zero-order valence-electron chi connectivity index (χ0n) is 14.7. The van der Waals surface area contributed by atoms with Gasteiger partial charge in [-0.25, -0.2) is 9.97 Å². The molecule has 27 heavy (non-hydrogen) atoms. The molecule has 1 N–H and O–H groups in total. The first-order valence-electron chi connectivity index (χ1n) is 8.40. The first-order chi connectivity index (χ1) is 13.3. The minimum absolute atomic E-state index is 0.484. The summed E-state index contributed by atoms with van der Waals surface area (Å²) in [4.78, 5) is 10.1. The Hall–Kier alpha value is -3.32. The van der Waals surface area contributed by atoms with E-state index in [-0.39, 0.29) is 0 Å². The molecule has 0 aliphatic heterocycles. The van der Waals surface area contributed by atoms with E-state index >= 15 is 0 Å². The lowest BCUT2D eigenvalue weighted by molar-refractivity contribution is 0.415. The fourth-order valence-electron chi connectivity index (χ4n) is 2.55. The lowest BCUT2D eigenvalue weighted by Crippen LogP contribution is -2.04. The number of nitrogens with zero attached hydrogens (tertiary/aromatic N) is 4. The molecule has 4 rings (SSSR count). The van der Waals surface area contributed by atoms with Gasteiger partial charge in [0.1, 0.15) is 10.8 Å². The van der Waals surface area contributed by atoms with Crippen LogP contribution in [0.5, 0.6) is 5.75 Å². The minimum atomic E-state index is 0.484. The molecular weight excluding hydrogens is 358 g/mol. The Morgan fingerprint density at radius 3 is 2.56 bits per heavy atom. The molecule has 2 aromatic heterocycles. The van der Waals surface area contributed by atoms with Crippen LogP contribution in [0.1, 0.15) is 4.88 Å². The quantitative estimate of drug-likeness (QED) is 0.542. The monoisotopic (exact) mass is 375 g/mol. The van der Waals surface area contributed by atoms with Crippen LogP contribution >= 0.6 is 11.3 Å². The van der Waals surface area contributed by atoms with Crippen LogP contribution in [0.3, 0.4) is 0 Å². The van der Waals surface area contributed by atoms with Crippen LogP contribution < -0.4 is 10.1 Å². The number of nitrogens with one attached hydrogen (secondary N) is 1. The van der Waals surface area contributed by atoms with Gasteiger partial charge in [-0.2, -0.15) is 5.10 Å². The highest BCUT2D eigenvalue weighted by Gasteiger charge is 2.07. The average molecular weight is 375 g/mol. The summed E-state index contributed by atoms with van der Waals surface area (Å²) < 4.78 is 5.18. The molecule has 0 atom stereocenters. The summed E-state index contributed by atoms with van der Waals surface area (Å²) in [7, 11) is 1.64. The largest absolute Gasteiger partial charge is 0.497 e. The molecule has 134 valence electrons. The third-order valence-corrected chi connectivity index (χ3v) is 4.99. The van der Waals surface area contributed by atoms with Gasteiger partial charge in [-0.1, -0.05) is 30.3 Å². The van der Waals surface area contributed by atoms with Crippen LogP contribution in [0.25, 0.3) is 21.8 Å². The molecule has 0 unspecified atom stereocenters. The Labute approximate surface area is 160 Å². The van der Waals surface area contributed by atoms with Crippen molar-refractivity contribution in [3.63, 3.8) is 0 Å². The smallest absolute Gasteiger partial charge is 0.243 e. The topological polar surface area (TPSA) is 72.8 Å². The van der Waals surface area contributed by atoms with Crippen molar-refractivity contribution in [3.8, 4) is 27.6 Å². The highest BCUT2D eigenvalue weighted by atomic mass is 32.1. The van der Waals surface area contributed by atoms with Crippen molar-refractivity contribution < 1.29 is 4.74 Å². The van der Waals surface area contributed by atoms with Crippen LogP contribution in [0.4, 0.5) is 5.95 Å². The van der Waals surface area contributed by atoms with E-state index in [1.54, 1.807) is 24.6 Å². The van der Waals surface area contributed by atoms with Gasteiger partial charge >= 0.3 is 0 Å². The van der Waals surface area contributed by atoms with Gasteiger partial charge in [0.25, 0.3) is 0 Å². The Balaban J connectivity index is 1.45. The number of aromatic nitrogens is 4. The maximum atomic E-state index is 5.18. The molecule has 0 radical (unpaired) electrons. The number of benzene rings is 2. The van der Waals surface area contributed by atoms with Crippen molar-refractivity contribution in [2.24, 2.45) is 0 Å². The van der Waals surface area contributed by atoms with E-state index in [0.29, 0.717) is 12.5 Å². The Kier molecular flexibility index (Phi) is 5.02. The predicted molar refractivity (Wildman–Crippen MR) is 107 cm³/mol. The van der Waals surface area contributed by atoms with Gasteiger partial charge in [0.15, 0.2) is 0 Å². The van der Waals surface area contributed by atoms with E-state index in [1.165, 1.54) is 0 Å². The van der Waals surface area contributed by atoms with Gasteiger partial charge in [0.05, 0.1) is 25.5 Å². The first-order valence-corrected chi connectivity index (χ1v) is 9.21. The number of ether oxygens (including phenoxy) is 1. The molecule has 2 aromatic carbocycles. The van der Waals surface area contributed by atoms with E-state index in [9.17, 15) is 0 Å². The molecule has 0 aliphatic carbocycles. The molecule has 0 amide bonds. The Morgan fingerprint density at radius 1 is 0.963 bits per heavy atom. The van der Waals surface area contributed by atoms with Crippen molar-refractivity contribution in [2.45, 2.75) is 6.54 Å². The lowest BCUT2D eigenvalue weighted by Gasteiger charge is -2.05. The number of hydrogen-bond donors (Lipinski definition) is 1. The molecule has 0 aliphatic rings. The fourth-order valence-corrected chi connectivity index (χ4v) is 3.41. The summed E-state index contributed by atoms with van der Waals surface area (Å²) in [6, 6.07) is 17.8. The molecule has 0 fully saturated rings. The summed E-state index contributed by atoms with van der Waals surface area (Å²) in [6.45, 7) is 0.595. The summed E-state index contributed by atoms with van der Waals surface area (Å²) >= 11 is 1.65. The van der Waals surface area contributed by atoms with E-state index in [0.717, 1.165) is 32.5 Å². The number of rotatable bonds is 6. The minimum Gasteiger partial charge on any atom is -0.497 e. The second-order valence-corrected chi connectivity index (χ2v) is 6.86. The van der Waals surface area contributed by atoms with E-state index in [4.69, 9.17) is 4.74 Å². The molecule has 2 heterocycles. The van der Waals surface area contributed by atoms with Gasteiger partial charge < -0.3 is 10.1 Å². The van der Waals surface area contributed by atoms with Crippen molar-refractivity contribution in [3.05, 3.63) is 71.9 Å². The second kappa shape index (κ2) is 7.92. The second-order valence-electron chi connectivity index (χ2n) is 5.75. The van der Waals surface area contributed by atoms with Crippen molar-refractivity contribution >= 4 is 17.3 Å². The number of hydrogen-bond acceptors (Lipinski definition) is 7. The lowest BCUT2D eigenvalue weighted by atomic mass is 10.1. The molecule has 0 saturated carbocycles. The van der Waals surface area contributed by atoms with Gasteiger partial charge in [-0.3, -0.25) is 0 Å². The maximum Gasteiger partial charge on any atom is 0.243 e. The molecule has 7 heteroatoms. The third kappa shape index (κ3) is 4.09. The summed E-state index contributed by atoms with van der Waals surface area (Å²) in [5, 5.41) is 12.3. The van der Waals surface area contributed by atoms with Crippen molar-refractivity contribution in [1.82, 2.24) is 20.2 Å². The zero-order valence-corrected chi connectivity index (χ0v) is 15.5. The normalized spacial score (nSPS) is 10.6. The predicted octanol–water partition coefficient (Wildman–Crippen LogP) is 4.28. The average Bonchev–Trinajstić information content (AvgIpc) is 3.22. The van der Waals surface area contributed by atoms with Gasteiger partial charge in [0, 0.05) is 22.2 Å². The first kappa shape index (κ1) is 17.1. The summed E-state index contributed by atoms with van der Waals surface area (Å²) in [5.74, 6) is 1.29. The molecule has 0 spiro atoms. The standard InChI is InChI=1S/C20H17N5OS/c1-26-16-9-7-14(8-10-16)18-13-23-25-20(24-18)22-12-17-11-21-19(27-17)15-5-3-2-4-6-15/h2-11,13H,12H2,1H3,(H,22,24,25). The zero-order chi connectivity index (χ0) is 18.5. The molecule has 0 saturated heterocycles. The Bertz CT molecular complexity index is 1020. The van der Waals surface area contributed by atoms with E-state index in [2.05, 4.69) is 37.6 Å². The fraction of sp³-hybridized carbons (Fsp3) is 0.100. The SMILES string of the molecule is COc1ccc(-c2cnnc(NCc3cnc(-c4ccccc4)s3)n2)cc1. The highest BCUT2D eigenvalue weighted by Crippen LogP contribution is 2.25. The number of thiazole rings is 1. The van der Waals surface area contributed by atoms with E-state index < -0.39 is 0 Å². The van der Waals surface area contributed by atoms with Crippen LogP contribution in [0, 0.1) is 0 Å². The van der Waals surface area contributed by atoms with Crippen LogP contribution in [-0.4, -0.2) is 27.3 Å². The summed E-state index contributed by atoms with van der Waals surface area (Å²) in [6.07, 6.45) is 3.52. The van der Waals surface area contributed by atoms with Crippen molar-refractivity contribution in [1.29, 1.82) is 0 Å². The van der Waals surface area contributed by atoms with Crippen LogP contribution in [-0.2, 0) is 6.54 Å².